The largest absolute Gasteiger partial charge is 0.352 e. The standard InChI is InChI=1S/C16H28N4O2/c1-3-7-17-14(21)13-19-9-11-20(12-10-19)15(22)16(2)6-4-5-8-18-16/h3,18H,1,4-13H2,2H3,(H,17,21). The number of hydrogen-bond acceptors (Lipinski definition) is 4. The third kappa shape index (κ3) is 4.30. The first kappa shape index (κ1) is 17.0. The average Bonchev–Trinajstić information content (AvgIpc) is 2.53. The van der Waals surface area contributed by atoms with Crippen LogP contribution in [-0.4, -0.2) is 73.0 Å². The molecule has 2 saturated heterocycles. The van der Waals surface area contributed by atoms with Crippen molar-refractivity contribution in [2.24, 2.45) is 0 Å². The molecule has 2 amide bonds. The van der Waals surface area contributed by atoms with Gasteiger partial charge in [-0.05, 0) is 32.7 Å². The summed E-state index contributed by atoms with van der Waals surface area (Å²) in [6.45, 7) is 10.3. The van der Waals surface area contributed by atoms with Crippen molar-refractivity contribution in [3.05, 3.63) is 12.7 Å². The Morgan fingerprint density at radius 3 is 2.59 bits per heavy atom. The Morgan fingerprint density at radius 1 is 1.27 bits per heavy atom. The van der Waals surface area contributed by atoms with Crippen molar-refractivity contribution >= 4 is 11.8 Å². The van der Waals surface area contributed by atoms with E-state index in [2.05, 4.69) is 22.1 Å². The molecule has 2 aliphatic rings. The number of nitrogens with zero attached hydrogens (tertiary/aromatic N) is 2. The summed E-state index contributed by atoms with van der Waals surface area (Å²) >= 11 is 0. The molecule has 22 heavy (non-hydrogen) atoms. The van der Waals surface area contributed by atoms with Gasteiger partial charge in [-0.15, -0.1) is 6.58 Å². The van der Waals surface area contributed by atoms with Gasteiger partial charge in [-0.2, -0.15) is 0 Å². The summed E-state index contributed by atoms with van der Waals surface area (Å²) < 4.78 is 0. The first-order valence-electron chi connectivity index (χ1n) is 8.19. The van der Waals surface area contributed by atoms with Crippen LogP contribution in [0, 0.1) is 0 Å². The molecule has 0 aromatic carbocycles. The third-order valence-corrected chi connectivity index (χ3v) is 4.56. The molecule has 0 aromatic rings. The third-order valence-electron chi connectivity index (χ3n) is 4.56. The zero-order valence-electron chi connectivity index (χ0n) is 13.6. The lowest BCUT2D eigenvalue weighted by Crippen LogP contribution is -2.61. The fraction of sp³-hybridized carbons (Fsp3) is 0.750. The number of nitrogens with one attached hydrogen (secondary N) is 2. The Kier molecular flexibility index (Phi) is 5.97. The first-order chi connectivity index (χ1) is 10.5. The molecule has 124 valence electrons. The second-order valence-electron chi connectivity index (χ2n) is 6.38. The van der Waals surface area contributed by atoms with Gasteiger partial charge >= 0.3 is 0 Å². The summed E-state index contributed by atoms with van der Waals surface area (Å²) in [6.07, 6.45) is 4.84. The van der Waals surface area contributed by atoms with Gasteiger partial charge in [0.05, 0.1) is 12.1 Å². The summed E-state index contributed by atoms with van der Waals surface area (Å²) in [5.74, 6) is 0.226. The van der Waals surface area contributed by atoms with E-state index < -0.39 is 5.54 Å². The molecule has 2 heterocycles. The molecule has 2 rings (SSSR count). The lowest BCUT2D eigenvalue weighted by molar-refractivity contribution is -0.140. The van der Waals surface area contributed by atoms with Crippen molar-refractivity contribution in [1.29, 1.82) is 0 Å². The van der Waals surface area contributed by atoms with E-state index in [9.17, 15) is 9.59 Å². The second kappa shape index (κ2) is 7.74. The summed E-state index contributed by atoms with van der Waals surface area (Å²) in [4.78, 5) is 28.4. The Balaban J connectivity index is 1.77. The molecule has 0 bridgehead atoms. The predicted octanol–water partition coefficient (Wildman–Crippen LogP) is -0.0350. The highest BCUT2D eigenvalue weighted by atomic mass is 16.2. The number of carbonyl (C=O) groups excluding carboxylic acids is 2. The highest BCUT2D eigenvalue weighted by molar-refractivity contribution is 5.86. The Hall–Kier alpha value is -1.40. The van der Waals surface area contributed by atoms with Crippen molar-refractivity contribution < 1.29 is 9.59 Å². The van der Waals surface area contributed by atoms with E-state index in [0.717, 1.165) is 38.9 Å². The molecule has 0 radical (unpaired) electrons. The van der Waals surface area contributed by atoms with E-state index in [1.165, 1.54) is 0 Å². The normalized spacial score (nSPS) is 26.5. The Labute approximate surface area is 132 Å². The smallest absolute Gasteiger partial charge is 0.242 e. The maximum absolute atomic E-state index is 12.7. The predicted molar refractivity (Wildman–Crippen MR) is 86.5 cm³/mol. The lowest BCUT2D eigenvalue weighted by atomic mass is 9.89. The molecule has 1 unspecified atom stereocenters. The lowest BCUT2D eigenvalue weighted by Gasteiger charge is -2.41. The number of rotatable bonds is 5. The van der Waals surface area contributed by atoms with Crippen molar-refractivity contribution in [3.8, 4) is 0 Å². The van der Waals surface area contributed by atoms with E-state index in [1.807, 2.05) is 11.8 Å². The van der Waals surface area contributed by atoms with Crippen LogP contribution in [0.4, 0.5) is 0 Å². The van der Waals surface area contributed by atoms with Crippen LogP contribution in [0.3, 0.4) is 0 Å². The number of piperazine rings is 1. The summed E-state index contributed by atoms with van der Waals surface area (Å²) in [6, 6.07) is 0. The maximum atomic E-state index is 12.7. The summed E-state index contributed by atoms with van der Waals surface area (Å²) in [5, 5.41) is 6.16. The minimum Gasteiger partial charge on any atom is -0.352 e. The van der Waals surface area contributed by atoms with Crippen LogP contribution < -0.4 is 10.6 Å². The van der Waals surface area contributed by atoms with Crippen LogP contribution in [0.1, 0.15) is 26.2 Å². The molecule has 0 aromatic heterocycles. The summed E-state index contributed by atoms with van der Waals surface area (Å²) in [5.41, 5.74) is -0.401. The molecule has 2 N–H and O–H groups in total. The highest BCUT2D eigenvalue weighted by Gasteiger charge is 2.38. The van der Waals surface area contributed by atoms with Crippen LogP contribution in [0.5, 0.6) is 0 Å². The van der Waals surface area contributed by atoms with Gasteiger partial charge in [0.2, 0.25) is 11.8 Å². The molecular weight excluding hydrogens is 280 g/mol. The minimum atomic E-state index is -0.401. The topological polar surface area (TPSA) is 64.7 Å². The van der Waals surface area contributed by atoms with Gasteiger partial charge in [-0.1, -0.05) is 6.08 Å². The molecule has 0 saturated carbocycles. The SMILES string of the molecule is C=CCNC(=O)CN1CCN(C(=O)C2(C)CCCCN2)CC1. The fourth-order valence-electron chi connectivity index (χ4n) is 3.14. The van der Waals surface area contributed by atoms with Gasteiger partial charge in [0.1, 0.15) is 0 Å². The first-order valence-corrected chi connectivity index (χ1v) is 8.19. The van der Waals surface area contributed by atoms with E-state index in [1.54, 1.807) is 6.08 Å². The fourth-order valence-corrected chi connectivity index (χ4v) is 3.14. The molecule has 6 heteroatoms. The molecule has 6 nitrogen and oxygen atoms in total. The van der Waals surface area contributed by atoms with Crippen molar-refractivity contribution in [1.82, 2.24) is 20.4 Å². The molecule has 2 fully saturated rings. The van der Waals surface area contributed by atoms with Gasteiger partial charge in [0.25, 0.3) is 0 Å². The van der Waals surface area contributed by atoms with E-state index >= 15 is 0 Å². The molecule has 0 aliphatic carbocycles. The molecule has 0 spiro atoms. The van der Waals surface area contributed by atoms with Crippen LogP contribution in [-0.2, 0) is 9.59 Å². The molecule has 1 atom stereocenters. The van der Waals surface area contributed by atoms with Crippen LogP contribution in [0.2, 0.25) is 0 Å². The van der Waals surface area contributed by atoms with E-state index in [4.69, 9.17) is 0 Å². The molecular formula is C16H28N4O2. The van der Waals surface area contributed by atoms with Gasteiger partial charge in [-0.25, -0.2) is 0 Å². The molecule has 2 aliphatic heterocycles. The number of amides is 2. The summed E-state index contributed by atoms with van der Waals surface area (Å²) in [7, 11) is 0. The van der Waals surface area contributed by atoms with E-state index in [-0.39, 0.29) is 11.8 Å². The van der Waals surface area contributed by atoms with Crippen LogP contribution in [0.25, 0.3) is 0 Å². The van der Waals surface area contributed by atoms with Crippen LogP contribution in [0.15, 0.2) is 12.7 Å². The number of piperidine rings is 1. The zero-order valence-corrected chi connectivity index (χ0v) is 13.6. The number of carbonyl (C=O) groups is 2. The van der Waals surface area contributed by atoms with Gasteiger partial charge in [0.15, 0.2) is 0 Å². The second-order valence-corrected chi connectivity index (χ2v) is 6.38. The van der Waals surface area contributed by atoms with Crippen molar-refractivity contribution in [2.45, 2.75) is 31.7 Å². The maximum Gasteiger partial charge on any atom is 0.242 e. The van der Waals surface area contributed by atoms with Crippen LogP contribution >= 0.6 is 0 Å². The quantitative estimate of drug-likeness (QED) is 0.700. The number of hydrogen-bond donors (Lipinski definition) is 2. The van der Waals surface area contributed by atoms with Gasteiger partial charge in [0, 0.05) is 32.7 Å². The minimum absolute atomic E-state index is 0.0144. The van der Waals surface area contributed by atoms with Gasteiger partial charge < -0.3 is 15.5 Å². The average molecular weight is 308 g/mol. The highest BCUT2D eigenvalue weighted by Crippen LogP contribution is 2.22. The Morgan fingerprint density at radius 2 is 2.00 bits per heavy atom. The Bertz CT molecular complexity index is 410. The monoisotopic (exact) mass is 308 g/mol. The van der Waals surface area contributed by atoms with E-state index in [0.29, 0.717) is 26.2 Å². The van der Waals surface area contributed by atoms with Gasteiger partial charge in [-0.3, -0.25) is 14.5 Å². The van der Waals surface area contributed by atoms with Crippen molar-refractivity contribution in [3.63, 3.8) is 0 Å². The zero-order chi connectivity index (χ0) is 16.0. The van der Waals surface area contributed by atoms with Crippen molar-refractivity contribution in [2.75, 3.05) is 45.8 Å².